The Balaban J connectivity index is 3.38. The molecule has 1 aromatic rings. The summed E-state index contributed by atoms with van der Waals surface area (Å²) in [6.07, 6.45) is 4.44. The number of nitrogens with one attached hydrogen (secondary N) is 2. The molecule has 11 nitrogen and oxygen atoms in total. The fourth-order valence-electron chi connectivity index (χ4n) is 3.59. The summed E-state index contributed by atoms with van der Waals surface area (Å²) in [7, 11) is 0. The number of hydrogen-bond acceptors (Lipinski definition) is 7. The van der Waals surface area contributed by atoms with Gasteiger partial charge in [0.05, 0.1) is 13.0 Å². The van der Waals surface area contributed by atoms with Gasteiger partial charge in [-0.25, -0.2) is 4.79 Å². The molecule has 11 heteroatoms. The lowest BCUT2D eigenvalue weighted by atomic mass is 9.97. The molecule has 2 unspecified atom stereocenters. The Labute approximate surface area is 223 Å². The molecule has 0 saturated heterocycles. The van der Waals surface area contributed by atoms with Crippen LogP contribution in [0.4, 0.5) is 4.79 Å². The maximum Gasteiger partial charge on any atom is 0.408 e. The van der Waals surface area contributed by atoms with Gasteiger partial charge in [-0.2, -0.15) is 0 Å². The van der Waals surface area contributed by atoms with Gasteiger partial charge in [-0.1, -0.05) is 24.1 Å². The summed E-state index contributed by atoms with van der Waals surface area (Å²) < 4.78 is 10.2. The SMILES string of the molecule is C#Cc1ccccc1C(C(=O)NCCC(=O)OCC)N(CC)C(=O)C(CCC(N)=O)NC(=O)OC(C)(C)C. The maximum atomic E-state index is 13.8. The van der Waals surface area contributed by atoms with Crippen LogP contribution in [0.5, 0.6) is 0 Å². The van der Waals surface area contributed by atoms with Crippen LogP contribution in [0.2, 0.25) is 0 Å². The molecule has 1 rings (SSSR count). The number of carbonyl (C=O) groups is 5. The fraction of sp³-hybridized carbons (Fsp3) is 0.519. The highest BCUT2D eigenvalue weighted by atomic mass is 16.6. The lowest BCUT2D eigenvalue weighted by Crippen LogP contribution is -2.53. The first-order valence-corrected chi connectivity index (χ1v) is 12.4. The molecule has 0 bridgehead atoms. The number of nitrogens with two attached hydrogens (primary N) is 1. The van der Waals surface area contributed by atoms with Crippen molar-refractivity contribution in [3.63, 3.8) is 0 Å². The van der Waals surface area contributed by atoms with Crippen molar-refractivity contribution < 1.29 is 33.4 Å². The van der Waals surface area contributed by atoms with Crippen molar-refractivity contribution in [1.29, 1.82) is 0 Å². The first-order chi connectivity index (χ1) is 17.8. The van der Waals surface area contributed by atoms with Crippen LogP contribution in [0.15, 0.2) is 24.3 Å². The van der Waals surface area contributed by atoms with Crippen LogP contribution in [-0.2, 0) is 28.7 Å². The van der Waals surface area contributed by atoms with Crippen LogP contribution in [0, 0.1) is 12.3 Å². The molecule has 0 aliphatic rings. The molecule has 0 aliphatic heterocycles. The highest BCUT2D eigenvalue weighted by Crippen LogP contribution is 2.26. The Kier molecular flexibility index (Phi) is 12.8. The molecule has 1 aromatic carbocycles. The van der Waals surface area contributed by atoms with Gasteiger partial charge in [0.1, 0.15) is 17.7 Å². The molecule has 0 spiro atoms. The van der Waals surface area contributed by atoms with Crippen molar-refractivity contribution in [3.05, 3.63) is 35.4 Å². The molecule has 0 aromatic heterocycles. The topological polar surface area (TPSA) is 157 Å². The zero-order valence-electron chi connectivity index (χ0n) is 22.7. The number of ether oxygens (including phenoxy) is 2. The number of terminal acetylenes is 1. The number of benzene rings is 1. The van der Waals surface area contributed by atoms with Gasteiger partial charge in [0.2, 0.25) is 17.7 Å². The van der Waals surface area contributed by atoms with Crippen LogP contribution in [0.3, 0.4) is 0 Å². The van der Waals surface area contributed by atoms with E-state index in [9.17, 15) is 24.0 Å². The molecule has 0 fully saturated rings. The van der Waals surface area contributed by atoms with E-state index in [1.165, 1.54) is 4.90 Å². The smallest absolute Gasteiger partial charge is 0.408 e. The monoisotopic (exact) mass is 530 g/mol. The van der Waals surface area contributed by atoms with E-state index in [4.69, 9.17) is 21.6 Å². The van der Waals surface area contributed by atoms with Gasteiger partial charge < -0.3 is 30.7 Å². The van der Waals surface area contributed by atoms with Crippen molar-refractivity contribution in [2.45, 2.75) is 71.6 Å². The van der Waals surface area contributed by atoms with E-state index in [0.717, 1.165) is 0 Å². The largest absolute Gasteiger partial charge is 0.466 e. The van der Waals surface area contributed by atoms with E-state index >= 15 is 0 Å². The predicted octanol–water partition coefficient (Wildman–Crippen LogP) is 1.79. The third-order valence-corrected chi connectivity index (χ3v) is 5.20. The third-order valence-electron chi connectivity index (χ3n) is 5.20. The molecular weight excluding hydrogens is 492 g/mol. The van der Waals surface area contributed by atoms with Crippen LogP contribution in [0.1, 0.15) is 71.0 Å². The van der Waals surface area contributed by atoms with Crippen molar-refractivity contribution in [2.75, 3.05) is 19.7 Å². The van der Waals surface area contributed by atoms with Gasteiger partial charge >= 0.3 is 12.1 Å². The highest BCUT2D eigenvalue weighted by Gasteiger charge is 2.36. The number of nitrogens with zero attached hydrogens (tertiary/aromatic N) is 1. The van der Waals surface area contributed by atoms with Crippen LogP contribution in [-0.4, -0.2) is 66.0 Å². The second-order valence-corrected chi connectivity index (χ2v) is 9.31. The Bertz CT molecular complexity index is 1040. The van der Waals surface area contributed by atoms with Crippen molar-refractivity contribution in [2.24, 2.45) is 5.73 Å². The molecule has 0 saturated carbocycles. The normalized spacial score (nSPS) is 12.3. The highest BCUT2D eigenvalue weighted by molar-refractivity contribution is 5.93. The Morgan fingerprint density at radius 1 is 1.11 bits per heavy atom. The van der Waals surface area contributed by atoms with Gasteiger partial charge in [-0.05, 0) is 52.7 Å². The molecule has 0 radical (unpaired) electrons. The summed E-state index contributed by atoms with van der Waals surface area (Å²) in [5, 5.41) is 5.16. The van der Waals surface area contributed by atoms with Gasteiger partial charge in [-0.15, -0.1) is 6.42 Å². The minimum atomic E-state index is -1.22. The number of carbonyl (C=O) groups excluding carboxylic acids is 5. The van der Waals surface area contributed by atoms with E-state index in [1.807, 2.05) is 0 Å². The summed E-state index contributed by atoms with van der Waals surface area (Å²) in [5.41, 5.74) is 5.22. The second kappa shape index (κ2) is 15.2. The number of rotatable bonds is 13. The second-order valence-electron chi connectivity index (χ2n) is 9.31. The van der Waals surface area contributed by atoms with Gasteiger partial charge in [0.25, 0.3) is 0 Å². The van der Waals surface area contributed by atoms with Gasteiger partial charge in [-0.3, -0.25) is 19.2 Å². The van der Waals surface area contributed by atoms with E-state index in [2.05, 4.69) is 16.6 Å². The zero-order chi connectivity index (χ0) is 28.9. The molecule has 4 N–H and O–H groups in total. The van der Waals surface area contributed by atoms with E-state index in [0.29, 0.717) is 11.1 Å². The number of likely N-dealkylation sites (N-methyl/N-ethyl adjacent to an activating group) is 1. The van der Waals surface area contributed by atoms with Crippen LogP contribution >= 0.6 is 0 Å². The van der Waals surface area contributed by atoms with Crippen molar-refractivity contribution >= 4 is 29.8 Å². The molecular formula is C27H38N4O7. The molecule has 4 amide bonds. The first-order valence-electron chi connectivity index (χ1n) is 12.4. The van der Waals surface area contributed by atoms with Gasteiger partial charge in [0, 0.05) is 25.1 Å². The quantitative estimate of drug-likeness (QED) is 0.259. The first kappa shape index (κ1) is 32.0. The molecule has 0 aliphatic carbocycles. The fourth-order valence-corrected chi connectivity index (χ4v) is 3.59. The molecule has 0 heterocycles. The summed E-state index contributed by atoms with van der Waals surface area (Å²) in [6.45, 7) is 8.56. The Morgan fingerprint density at radius 3 is 2.32 bits per heavy atom. The molecule has 2 atom stereocenters. The third kappa shape index (κ3) is 10.5. The number of amides is 4. The van der Waals surface area contributed by atoms with Crippen molar-refractivity contribution in [3.8, 4) is 12.3 Å². The minimum absolute atomic E-state index is 0.0284. The maximum absolute atomic E-state index is 13.8. The van der Waals surface area contributed by atoms with E-state index in [1.54, 1.807) is 58.9 Å². The lowest BCUT2D eigenvalue weighted by molar-refractivity contribution is -0.144. The lowest BCUT2D eigenvalue weighted by Gasteiger charge is -2.34. The Morgan fingerprint density at radius 2 is 1.76 bits per heavy atom. The average Bonchev–Trinajstić information content (AvgIpc) is 2.83. The zero-order valence-corrected chi connectivity index (χ0v) is 22.7. The summed E-state index contributed by atoms with van der Waals surface area (Å²) >= 11 is 0. The molecule has 38 heavy (non-hydrogen) atoms. The average molecular weight is 531 g/mol. The van der Waals surface area contributed by atoms with E-state index < -0.39 is 47.5 Å². The Hall–Kier alpha value is -4.07. The van der Waals surface area contributed by atoms with Crippen molar-refractivity contribution in [1.82, 2.24) is 15.5 Å². The number of primary amides is 1. The minimum Gasteiger partial charge on any atom is -0.466 e. The van der Waals surface area contributed by atoms with Crippen LogP contribution in [0.25, 0.3) is 0 Å². The van der Waals surface area contributed by atoms with E-state index in [-0.39, 0.29) is 39.0 Å². The van der Waals surface area contributed by atoms with Gasteiger partial charge in [0.15, 0.2) is 0 Å². The standard InChI is InChI=1S/C27H38N4O7/c1-7-18-12-10-11-13-19(18)23(24(34)29-17-16-22(33)37-9-3)31(8-2)25(35)20(14-15-21(28)32)30-26(36)38-27(4,5)6/h1,10-13,20,23H,8-9,14-17H2,2-6H3,(H2,28,32)(H,29,34)(H,30,36). The predicted molar refractivity (Wildman–Crippen MR) is 140 cm³/mol. The van der Waals surface area contributed by atoms with Crippen LogP contribution < -0.4 is 16.4 Å². The number of hydrogen-bond donors (Lipinski definition) is 3. The number of esters is 1. The summed E-state index contributed by atoms with van der Waals surface area (Å²) in [6, 6.07) is 4.23. The number of alkyl carbamates (subject to hydrolysis) is 1. The summed E-state index contributed by atoms with van der Waals surface area (Å²) in [4.78, 5) is 64.2. The molecule has 208 valence electrons. The summed E-state index contributed by atoms with van der Waals surface area (Å²) in [5.74, 6) is 0.152.